The van der Waals surface area contributed by atoms with E-state index in [9.17, 15) is 14.7 Å². The number of aromatic hydroxyl groups is 1. The van der Waals surface area contributed by atoms with Gasteiger partial charge >= 0.3 is 0 Å². The molecule has 0 aromatic heterocycles. The Balaban J connectivity index is 1.48. The molecule has 3 rings (SSSR count). The summed E-state index contributed by atoms with van der Waals surface area (Å²) in [5.41, 5.74) is 0.314. The summed E-state index contributed by atoms with van der Waals surface area (Å²) >= 11 is 0. The second-order valence-corrected chi connectivity index (χ2v) is 6.01. The van der Waals surface area contributed by atoms with E-state index in [0.717, 1.165) is 19.4 Å². The van der Waals surface area contributed by atoms with Crippen molar-refractivity contribution in [2.75, 3.05) is 32.8 Å². The second-order valence-electron chi connectivity index (χ2n) is 6.01. The van der Waals surface area contributed by atoms with Crippen molar-refractivity contribution in [3.8, 4) is 5.75 Å². The number of para-hydroxylation sites is 1. The quantitative estimate of drug-likeness (QED) is 0.907. The molecule has 1 aromatic rings. The molecule has 1 unspecified atom stereocenters. The van der Waals surface area contributed by atoms with Gasteiger partial charge in [0.2, 0.25) is 5.91 Å². The molecule has 1 aromatic carbocycles. The standard InChI is InChI=1S/C17H22N2O4/c20-15-4-2-1-3-14(15)17(22)19-10-8-18(9-11-19)16(21)6-5-13-7-12-23-13/h1-4,13,20H,5-12H2. The smallest absolute Gasteiger partial charge is 0.257 e. The molecule has 0 radical (unpaired) electrons. The first-order chi connectivity index (χ1) is 11.1. The van der Waals surface area contributed by atoms with Gasteiger partial charge in [0.1, 0.15) is 5.75 Å². The summed E-state index contributed by atoms with van der Waals surface area (Å²) in [6.07, 6.45) is 2.60. The van der Waals surface area contributed by atoms with E-state index < -0.39 is 0 Å². The first kappa shape index (κ1) is 15.8. The van der Waals surface area contributed by atoms with Crippen LogP contribution in [0.3, 0.4) is 0 Å². The van der Waals surface area contributed by atoms with Crippen molar-refractivity contribution in [1.29, 1.82) is 0 Å². The van der Waals surface area contributed by atoms with Gasteiger partial charge in [0.25, 0.3) is 5.91 Å². The van der Waals surface area contributed by atoms with Crippen LogP contribution in [0.25, 0.3) is 0 Å². The Morgan fingerprint density at radius 3 is 2.39 bits per heavy atom. The van der Waals surface area contributed by atoms with E-state index >= 15 is 0 Å². The molecular weight excluding hydrogens is 296 g/mol. The minimum atomic E-state index is -0.182. The summed E-state index contributed by atoms with van der Waals surface area (Å²) in [6.45, 7) is 2.90. The van der Waals surface area contributed by atoms with Crippen molar-refractivity contribution < 1.29 is 19.4 Å². The predicted octanol–water partition coefficient (Wildman–Crippen LogP) is 1.25. The fourth-order valence-electron chi connectivity index (χ4n) is 2.94. The van der Waals surface area contributed by atoms with Crippen LogP contribution in [0.1, 0.15) is 29.6 Å². The number of carbonyl (C=O) groups is 2. The lowest BCUT2D eigenvalue weighted by Gasteiger charge is -2.35. The number of nitrogens with zero attached hydrogens (tertiary/aromatic N) is 2. The maximum absolute atomic E-state index is 12.4. The molecule has 1 N–H and O–H groups in total. The van der Waals surface area contributed by atoms with E-state index in [1.807, 2.05) is 4.90 Å². The van der Waals surface area contributed by atoms with Crippen LogP contribution in [0.15, 0.2) is 24.3 Å². The van der Waals surface area contributed by atoms with Crippen molar-refractivity contribution in [3.05, 3.63) is 29.8 Å². The molecule has 0 aliphatic carbocycles. The van der Waals surface area contributed by atoms with Crippen LogP contribution in [0.5, 0.6) is 5.75 Å². The highest BCUT2D eigenvalue weighted by atomic mass is 16.5. The zero-order chi connectivity index (χ0) is 16.2. The number of hydrogen-bond donors (Lipinski definition) is 1. The lowest BCUT2D eigenvalue weighted by molar-refractivity contribution is -0.134. The van der Waals surface area contributed by atoms with Crippen molar-refractivity contribution >= 4 is 11.8 Å². The Kier molecular flexibility index (Phi) is 4.81. The van der Waals surface area contributed by atoms with Gasteiger partial charge in [0, 0.05) is 39.2 Å². The average Bonchev–Trinajstić information content (AvgIpc) is 2.53. The molecule has 6 heteroatoms. The summed E-state index contributed by atoms with van der Waals surface area (Å²) in [7, 11) is 0. The minimum absolute atomic E-state index is 0.00324. The van der Waals surface area contributed by atoms with Gasteiger partial charge in [-0.05, 0) is 25.0 Å². The molecule has 1 atom stereocenters. The van der Waals surface area contributed by atoms with E-state index in [2.05, 4.69) is 0 Å². The number of amides is 2. The second kappa shape index (κ2) is 7.00. The SMILES string of the molecule is O=C(CCC1CCO1)N1CCN(C(=O)c2ccccc2O)CC1. The number of ether oxygens (including phenoxy) is 1. The molecule has 2 fully saturated rings. The molecule has 23 heavy (non-hydrogen) atoms. The summed E-state index contributed by atoms with van der Waals surface area (Å²) in [5, 5.41) is 9.78. The fraction of sp³-hybridized carbons (Fsp3) is 0.529. The number of phenolic OH excluding ortho intramolecular Hbond substituents is 1. The number of hydrogen-bond acceptors (Lipinski definition) is 4. The lowest BCUT2D eigenvalue weighted by atomic mass is 10.1. The highest BCUT2D eigenvalue weighted by molar-refractivity contribution is 5.97. The van der Waals surface area contributed by atoms with E-state index in [4.69, 9.17) is 4.74 Å². The lowest BCUT2D eigenvalue weighted by Crippen LogP contribution is -2.50. The Morgan fingerprint density at radius 1 is 1.13 bits per heavy atom. The number of benzene rings is 1. The Hall–Kier alpha value is -2.08. The molecule has 0 bridgehead atoms. The third kappa shape index (κ3) is 3.64. The van der Waals surface area contributed by atoms with Crippen LogP contribution in [0, 0.1) is 0 Å². The van der Waals surface area contributed by atoms with Gasteiger partial charge in [0.15, 0.2) is 0 Å². The largest absolute Gasteiger partial charge is 0.507 e. The number of piperazine rings is 1. The van der Waals surface area contributed by atoms with Crippen molar-refractivity contribution in [2.45, 2.75) is 25.4 Å². The molecule has 2 heterocycles. The fourth-order valence-corrected chi connectivity index (χ4v) is 2.94. The Morgan fingerprint density at radius 2 is 1.78 bits per heavy atom. The van der Waals surface area contributed by atoms with Crippen LogP contribution in [-0.2, 0) is 9.53 Å². The van der Waals surface area contributed by atoms with E-state index in [-0.39, 0.29) is 23.7 Å². The highest BCUT2D eigenvalue weighted by Gasteiger charge is 2.27. The van der Waals surface area contributed by atoms with Crippen LogP contribution in [0.4, 0.5) is 0 Å². The van der Waals surface area contributed by atoms with E-state index in [0.29, 0.717) is 38.2 Å². The summed E-state index contributed by atoms with van der Waals surface area (Å²) in [6, 6.07) is 6.55. The third-order valence-electron chi connectivity index (χ3n) is 4.53. The van der Waals surface area contributed by atoms with Gasteiger partial charge in [-0.2, -0.15) is 0 Å². The first-order valence-corrected chi connectivity index (χ1v) is 8.12. The van der Waals surface area contributed by atoms with Crippen molar-refractivity contribution in [1.82, 2.24) is 9.80 Å². The molecule has 0 saturated carbocycles. The minimum Gasteiger partial charge on any atom is -0.507 e. The van der Waals surface area contributed by atoms with Crippen LogP contribution in [-0.4, -0.2) is 65.6 Å². The maximum Gasteiger partial charge on any atom is 0.257 e. The molecular formula is C17H22N2O4. The molecule has 2 aliphatic heterocycles. The topological polar surface area (TPSA) is 70.1 Å². The first-order valence-electron chi connectivity index (χ1n) is 8.12. The average molecular weight is 318 g/mol. The maximum atomic E-state index is 12.4. The van der Waals surface area contributed by atoms with Crippen LogP contribution >= 0.6 is 0 Å². The molecule has 2 aliphatic rings. The summed E-state index contributed by atoms with van der Waals surface area (Å²) in [5.74, 6) is -0.0512. The van der Waals surface area contributed by atoms with Crippen LogP contribution < -0.4 is 0 Å². The number of phenols is 1. The molecule has 2 saturated heterocycles. The number of carbonyl (C=O) groups excluding carboxylic acids is 2. The number of rotatable bonds is 4. The highest BCUT2D eigenvalue weighted by Crippen LogP contribution is 2.20. The summed E-state index contributed by atoms with van der Waals surface area (Å²) in [4.78, 5) is 28.1. The van der Waals surface area contributed by atoms with Gasteiger partial charge in [-0.1, -0.05) is 12.1 Å². The van der Waals surface area contributed by atoms with E-state index in [1.54, 1.807) is 23.1 Å². The molecule has 0 spiro atoms. The molecule has 2 amide bonds. The van der Waals surface area contributed by atoms with Gasteiger partial charge in [-0.3, -0.25) is 9.59 Å². The van der Waals surface area contributed by atoms with Crippen molar-refractivity contribution in [2.24, 2.45) is 0 Å². The zero-order valence-electron chi connectivity index (χ0n) is 13.1. The predicted molar refractivity (Wildman–Crippen MR) is 84.2 cm³/mol. The molecule has 124 valence electrons. The Labute approximate surface area is 135 Å². The van der Waals surface area contributed by atoms with E-state index in [1.165, 1.54) is 6.07 Å². The molecule has 6 nitrogen and oxygen atoms in total. The zero-order valence-corrected chi connectivity index (χ0v) is 13.1. The van der Waals surface area contributed by atoms with Gasteiger partial charge < -0.3 is 19.6 Å². The monoisotopic (exact) mass is 318 g/mol. The van der Waals surface area contributed by atoms with Crippen molar-refractivity contribution in [3.63, 3.8) is 0 Å². The van der Waals surface area contributed by atoms with Gasteiger partial charge in [-0.25, -0.2) is 0 Å². The Bertz CT molecular complexity index is 578. The van der Waals surface area contributed by atoms with Gasteiger partial charge in [-0.15, -0.1) is 0 Å². The third-order valence-corrected chi connectivity index (χ3v) is 4.53. The van der Waals surface area contributed by atoms with Crippen LogP contribution in [0.2, 0.25) is 0 Å². The normalized spacial score (nSPS) is 21.0. The summed E-state index contributed by atoms with van der Waals surface area (Å²) < 4.78 is 5.33. The van der Waals surface area contributed by atoms with Gasteiger partial charge in [0.05, 0.1) is 11.7 Å².